The van der Waals surface area contributed by atoms with Crippen molar-refractivity contribution in [3.8, 4) is 11.5 Å². The summed E-state index contributed by atoms with van der Waals surface area (Å²) in [5, 5.41) is 50.2. The number of benzene rings is 1. The zero-order valence-electron chi connectivity index (χ0n) is 11.7. The van der Waals surface area contributed by atoms with E-state index in [1.807, 2.05) is 0 Å². The van der Waals surface area contributed by atoms with Crippen molar-refractivity contribution in [3.05, 3.63) is 58.8 Å². The molecule has 7 nitrogen and oxygen atoms in total. The molecule has 0 aliphatic heterocycles. The third-order valence-corrected chi connectivity index (χ3v) is 4.32. The summed E-state index contributed by atoms with van der Waals surface area (Å²) in [5.41, 5.74) is -1.77. The number of thiazole rings is 1. The molecule has 118 valence electrons. The highest BCUT2D eigenvalue weighted by molar-refractivity contribution is 7.09. The highest BCUT2D eigenvalue weighted by Gasteiger charge is 2.47. The second-order valence-electron chi connectivity index (χ2n) is 4.83. The van der Waals surface area contributed by atoms with Gasteiger partial charge in [0.15, 0.2) is 5.69 Å². The van der Waals surface area contributed by atoms with Gasteiger partial charge in [0.1, 0.15) is 28.4 Å². The van der Waals surface area contributed by atoms with Gasteiger partial charge >= 0.3 is 0 Å². The lowest BCUT2D eigenvalue weighted by Gasteiger charge is -2.30. The van der Waals surface area contributed by atoms with Crippen LogP contribution in [0.5, 0.6) is 11.5 Å². The lowest BCUT2D eigenvalue weighted by atomic mass is 9.88. The number of hydrogen-bond acceptors (Lipinski definition) is 8. The van der Waals surface area contributed by atoms with Crippen LogP contribution in [-0.4, -0.2) is 31.5 Å². The van der Waals surface area contributed by atoms with Crippen molar-refractivity contribution in [2.24, 2.45) is 10.2 Å². The lowest BCUT2D eigenvalue weighted by Crippen LogP contribution is -2.39. The van der Waals surface area contributed by atoms with Crippen LogP contribution in [0.15, 0.2) is 64.0 Å². The number of nitrogens with zero attached hydrogens (tertiary/aromatic N) is 3. The summed E-state index contributed by atoms with van der Waals surface area (Å²) in [6, 6.07) is 4.14. The monoisotopic (exact) mass is 331 g/mol. The zero-order valence-corrected chi connectivity index (χ0v) is 12.6. The minimum Gasteiger partial charge on any atom is -0.509 e. The molecule has 1 aliphatic carbocycles. The Kier molecular flexibility index (Phi) is 3.85. The van der Waals surface area contributed by atoms with Crippen molar-refractivity contribution in [3.63, 3.8) is 0 Å². The molecule has 1 aliphatic rings. The van der Waals surface area contributed by atoms with E-state index < -0.39 is 11.6 Å². The molecule has 2 aromatic rings. The van der Waals surface area contributed by atoms with Crippen LogP contribution < -0.4 is 0 Å². The van der Waals surface area contributed by atoms with Crippen LogP contribution in [-0.2, 0) is 5.54 Å². The molecule has 3 rings (SSSR count). The van der Waals surface area contributed by atoms with Gasteiger partial charge in [-0.1, -0.05) is 18.2 Å². The molecule has 1 aromatic carbocycles. The van der Waals surface area contributed by atoms with Crippen LogP contribution in [0.25, 0.3) is 0 Å². The van der Waals surface area contributed by atoms with Crippen molar-refractivity contribution >= 4 is 17.0 Å². The highest BCUT2D eigenvalue weighted by atomic mass is 32.1. The van der Waals surface area contributed by atoms with Gasteiger partial charge in [-0.05, 0) is 18.2 Å². The Morgan fingerprint density at radius 1 is 1.17 bits per heavy atom. The summed E-state index contributed by atoms with van der Waals surface area (Å²) in [6.07, 6.45) is 4.66. The third-order valence-electron chi connectivity index (χ3n) is 3.43. The van der Waals surface area contributed by atoms with E-state index in [-0.39, 0.29) is 22.9 Å². The van der Waals surface area contributed by atoms with E-state index in [0.29, 0.717) is 5.01 Å². The molecule has 0 saturated heterocycles. The molecular weight excluding hydrogens is 318 g/mol. The molecule has 23 heavy (non-hydrogen) atoms. The first kappa shape index (κ1) is 15.2. The van der Waals surface area contributed by atoms with E-state index in [9.17, 15) is 20.4 Å². The molecule has 0 amide bonds. The van der Waals surface area contributed by atoms with Gasteiger partial charge < -0.3 is 20.4 Å². The van der Waals surface area contributed by atoms with E-state index in [1.165, 1.54) is 54.0 Å². The molecule has 0 spiro atoms. The summed E-state index contributed by atoms with van der Waals surface area (Å²) in [7, 11) is 0. The van der Waals surface area contributed by atoms with Crippen molar-refractivity contribution < 1.29 is 20.4 Å². The van der Waals surface area contributed by atoms with E-state index in [2.05, 4.69) is 15.2 Å². The largest absolute Gasteiger partial charge is 0.509 e. The fourth-order valence-electron chi connectivity index (χ4n) is 2.22. The number of hydrogen-bond donors (Lipinski definition) is 4. The second-order valence-corrected chi connectivity index (χ2v) is 5.72. The smallest absolute Gasteiger partial charge is 0.218 e. The minimum atomic E-state index is -1.61. The fraction of sp³-hybridized carbons (Fsp3) is 0.133. The minimum absolute atomic E-state index is 0.155. The number of aromatic hydroxyl groups is 2. The Morgan fingerprint density at radius 3 is 2.52 bits per heavy atom. The van der Waals surface area contributed by atoms with Gasteiger partial charge in [0.2, 0.25) is 5.54 Å². The number of aromatic nitrogens is 1. The Morgan fingerprint density at radius 2 is 1.91 bits per heavy atom. The maximum absolute atomic E-state index is 10.4. The van der Waals surface area contributed by atoms with Gasteiger partial charge in [0.05, 0.1) is 0 Å². The zero-order chi connectivity index (χ0) is 16.4. The number of aliphatic hydroxyl groups excluding tert-OH is 2. The Bertz CT molecular complexity index is 781. The summed E-state index contributed by atoms with van der Waals surface area (Å²) in [5.74, 6) is -0.777. The SMILES string of the molecule is OC1=CC=CC(O)C1(N=Nc1c(O)cccc1O)c1nccs1. The summed E-state index contributed by atoms with van der Waals surface area (Å²) >= 11 is 1.19. The van der Waals surface area contributed by atoms with Crippen molar-refractivity contribution in [1.29, 1.82) is 0 Å². The molecular formula is C15H13N3O4S. The number of phenolic OH excluding ortho intramolecular Hbond substituents is 2. The fourth-order valence-corrected chi connectivity index (χ4v) is 3.04. The average molecular weight is 331 g/mol. The number of rotatable bonds is 3. The van der Waals surface area contributed by atoms with Gasteiger partial charge in [0, 0.05) is 11.6 Å². The molecule has 0 radical (unpaired) electrons. The number of allylic oxidation sites excluding steroid dienone is 2. The first-order valence-corrected chi connectivity index (χ1v) is 7.53. The molecule has 0 saturated carbocycles. The van der Waals surface area contributed by atoms with E-state index in [4.69, 9.17) is 0 Å². The molecule has 1 aromatic heterocycles. The lowest BCUT2D eigenvalue weighted by molar-refractivity contribution is 0.109. The molecule has 2 atom stereocenters. The van der Waals surface area contributed by atoms with Gasteiger partial charge in [-0.15, -0.1) is 16.5 Å². The Hall–Kier alpha value is -2.71. The predicted molar refractivity (Wildman–Crippen MR) is 83.9 cm³/mol. The van der Waals surface area contributed by atoms with Crippen LogP contribution in [0.3, 0.4) is 0 Å². The first-order valence-electron chi connectivity index (χ1n) is 6.65. The van der Waals surface area contributed by atoms with Gasteiger partial charge in [-0.25, -0.2) is 4.98 Å². The maximum Gasteiger partial charge on any atom is 0.218 e. The third kappa shape index (κ3) is 2.47. The van der Waals surface area contributed by atoms with Crippen LogP contribution in [0, 0.1) is 0 Å². The average Bonchev–Trinajstić information content (AvgIpc) is 3.04. The van der Waals surface area contributed by atoms with E-state index in [1.54, 1.807) is 5.38 Å². The topological polar surface area (TPSA) is 119 Å². The molecule has 2 unspecified atom stereocenters. The Labute approximate surface area is 135 Å². The van der Waals surface area contributed by atoms with Gasteiger partial charge in [-0.3, -0.25) is 0 Å². The number of azo groups is 1. The molecule has 4 N–H and O–H groups in total. The molecule has 1 heterocycles. The Balaban J connectivity index is 2.13. The number of phenols is 2. The standard InChI is InChI=1S/C15H13N3O4S/c19-9-3-1-4-10(20)13(9)17-18-15(14-16-7-8-23-14)11(21)5-2-6-12(15)22/h1-8,11,19-22H. The quantitative estimate of drug-likeness (QED) is 0.645. The number of aliphatic hydroxyl groups is 2. The normalized spacial score (nSPS) is 24.0. The van der Waals surface area contributed by atoms with E-state index >= 15 is 0 Å². The van der Waals surface area contributed by atoms with Crippen LogP contribution in [0.4, 0.5) is 5.69 Å². The first-order chi connectivity index (χ1) is 11.1. The predicted octanol–water partition coefficient (Wildman–Crippen LogP) is 2.91. The summed E-state index contributed by atoms with van der Waals surface area (Å²) < 4.78 is 0. The van der Waals surface area contributed by atoms with Crippen molar-refractivity contribution in [2.45, 2.75) is 11.6 Å². The summed E-state index contributed by atoms with van der Waals surface area (Å²) in [6.45, 7) is 0. The van der Waals surface area contributed by atoms with Gasteiger partial charge in [-0.2, -0.15) is 5.11 Å². The van der Waals surface area contributed by atoms with Crippen LogP contribution in [0.1, 0.15) is 5.01 Å². The molecule has 8 heteroatoms. The van der Waals surface area contributed by atoms with Crippen LogP contribution >= 0.6 is 11.3 Å². The highest BCUT2D eigenvalue weighted by Crippen LogP contribution is 2.43. The summed E-state index contributed by atoms with van der Waals surface area (Å²) in [4.78, 5) is 4.12. The maximum atomic E-state index is 10.4. The van der Waals surface area contributed by atoms with Gasteiger partial charge in [0.25, 0.3) is 0 Å². The molecule has 0 bridgehead atoms. The van der Waals surface area contributed by atoms with Crippen molar-refractivity contribution in [1.82, 2.24) is 4.98 Å². The molecule has 0 fully saturated rings. The van der Waals surface area contributed by atoms with E-state index in [0.717, 1.165) is 0 Å². The van der Waals surface area contributed by atoms with Crippen LogP contribution in [0.2, 0.25) is 0 Å². The second kappa shape index (κ2) is 5.82. The van der Waals surface area contributed by atoms with Crippen molar-refractivity contribution in [2.75, 3.05) is 0 Å².